The van der Waals surface area contributed by atoms with Gasteiger partial charge in [0.2, 0.25) is 11.8 Å². The van der Waals surface area contributed by atoms with Crippen LogP contribution in [0.3, 0.4) is 0 Å². The number of benzene rings is 2. The van der Waals surface area contributed by atoms with Crippen molar-refractivity contribution in [2.45, 2.75) is 32.9 Å². The summed E-state index contributed by atoms with van der Waals surface area (Å²) >= 11 is 0. The first-order valence-electron chi connectivity index (χ1n) is 13.8. The molecule has 0 fully saturated rings. The molecule has 11 heteroatoms. The number of carbonyl (C=O) groups excluding carboxylic acids is 3. The first kappa shape index (κ1) is 28.0. The van der Waals surface area contributed by atoms with Crippen LogP contribution in [0.15, 0.2) is 48.8 Å². The lowest BCUT2D eigenvalue weighted by Gasteiger charge is -2.26. The molecule has 3 aromatic rings. The van der Waals surface area contributed by atoms with Crippen molar-refractivity contribution in [3.63, 3.8) is 0 Å². The van der Waals surface area contributed by atoms with Crippen molar-refractivity contribution in [1.82, 2.24) is 25.1 Å². The van der Waals surface area contributed by atoms with Crippen molar-refractivity contribution in [3.8, 4) is 28.6 Å². The molecule has 2 bridgehead atoms. The third-order valence-corrected chi connectivity index (χ3v) is 7.23. The van der Waals surface area contributed by atoms with Crippen LogP contribution in [0, 0.1) is 5.92 Å². The Labute approximate surface area is 238 Å². The topological polar surface area (TPSA) is 124 Å². The number of hydrogen-bond acceptors (Lipinski definition) is 7. The third-order valence-electron chi connectivity index (χ3n) is 7.23. The number of rotatable bonds is 3. The predicted molar refractivity (Wildman–Crippen MR) is 151 cm³/mol. The molecule has 1 atom stereocenters. The van der Waals surface area contributed by atoms with Crippen LogP contribution < -0.4 is 24.8 Å². The second-order valence-corrected chi connectivity index (χ2v) is 10.4. The largest absolute Gasteiger partial charge is 0.493 e. The number of imidazole rings is 1. The number of nitrogens with one attached hydrogen (secondary N) is 2. The van der Waals surface area contributed by atoms with E-state index in [9.17, 15) is 14.4 Å². The van der Waals surface area contributed by atoms with Crippen LogP contribution in [-0.2, 0) is 22.6 Å². The van der Waals surface area contributed by atoms with E-state index in [4.69, 9.17) is 14.2 Å². The number of amides is 3. The van der Waals surface area contributed by atoms with E-state index in [0.717, 1.165) is 23.3 Å². The lowest BCUT2D eigenvalue weighted by atomic mass is 10.0. The van der Waals surface area contributed by atoms with E-state index in [-0.39, 0.29) is 37.4 Å². The van der Waals surface area contributed by atoms with Crippen LogP contribution in [0.4, 0.5) is 0 Å². The molecule has 5 rings (SSSR count). The van der Waals surface area contributed by atoms with Gasteiger partial charge in [-0.2, -0.15) is 0 Å². The maximum Gasteiger partial charge on any atom is 0.254 e. The summed E-state index contributed by atoms with van der Waals surface area (Å²) in [6, 6.07) is 10.1. The van der Waals surface area contributed by atoms with Crippen LogP contribution in [0.2, 0.25) is 0 Å². The van der Waals surface area contributed by atoms with Gasteiger partial charge >= 0.3 is 0 Å². The van der Waals surface area contributed by atoms with Gasteiger partial charge in [-0.25, -0.2) is 4.98 Å². The Hall–Kier alpha value is -4.54. The van der Waals surface area contributed by atoms with Crippen LogP contribution in [0.5, 0.6) is 17.2 Å². The molecule has 216 valence electrons. The Morgan fingerprint density at radius 2 is 1.90 bits per heavy atom. The van der Waals surface area contributed by atoms with Gasteiger partial charge in [-0.1, -0.05) is 13.8 Å². The highest BCUT2D eigenvalue weighted by atomic mass is 16.5. The molecule has 0 saturated heterocycles. The van der Waals surface area contributed by atoms with Crippen molar-refractivity contribution in [1.29, 1.82) is 0 Å². The van der Waals surface area contributed by atoms with E-state index in [1.54, 1.807) is 31.5 Å². The monoisotopic (exact) mass is 561 g/mol. The van der Waals surface area contributed by atoms with Gasteiger partial charge in [-0.15, -0.1) is 0 Å². The molecule has 2 N–H and O–H groups in total. The molecule has 2 aliphatic heterocycles. The Morgan fingerprint density at radius 1 is 1.07 bits per heavy atom. The second-order valence-electron chi connectivity index (χ2n) is 10.4. The molecule has 41 heavy (non-hydrogen) atoms. The lowest BCUT2D eigenvalue weighted by molar-refractivity contribution is -0.130. The first-order chi connectivity index (χ1) is 19.8. The first-order valence-corrected chi connectivity index (χ1v) is 13.8. The zero-order chi connectivity index (χ0) is 28.9. The maximum absolute atomic E-state index is 13.7. The zero-order valence-electron chi connectivity index (χ0n) is 23.5. The number of fused-ring (bicyclic) bond motifs is 5. The number of methoxy groups -OCH3 is 1. The molecular weight excluding hydrogens is 526 g/mol. The van der Waals surface area contributed by atoms with Crippen LogP contribution in [0.25, 0.3) is 11.4 Å². The Bertz CT molecular complexity index is 1430. The van der Waals surface area contributed by atoms with Gasteiger partial charge in [-0.3, -0.25) is 14.4 Å². The summed E-state index contributed by atoms with van der Waals surface area (Å²) < 4.78 is 19.1. The van der Waals surface area contributed by atoms with Crippen molar-refractivity contribution in [3.05, 3.63) is 59.9 Å². The fourth-order valence-corrected chi connectivity index (χ4v) is 5.04. The number of ether oxygens (including phenoxy) is 3. The fraction of sp³-hybridized carbons (Fsp3) is 0.400. The summed E-state index contributed by atoms with van der Waals surface area (Å²) in [7, 11) is 1.56. The number of nitrogens with zero attached hydrogens (tertiary/aromatic N) is 3. The number of aromatic nitrogens is 2. The van der Waals surface area contributed by atoms with E-state index in [2.05, 4.69) is 15.6 Å². The molecule has 2 aliphatic rings. The van der Waals surface area contributed by atoms with E-state index < -0.39 is 11.9 Å². The molecule has 0 radical (unpaired) electrons. The third kappa shape index (κ3) is 6.29. The van der Waals surface area contributed by atoms with Crippen molar-refractivity contribution >= 4 is 17.7 Å². The highest BCUT2D eigenvalue weighted by Crippen LogP contribution is 2.32. The molecule has 0 spiro atoms. The molecule has 0 aliphatic carbocycles. The van der Waals surface area contributed by atoms with Gasteiger partial charge in [0.25, 0.3) is 5.91 Å². The summed E-state index contributed by atoms with van der Waals surface area (Å²) in [6.45, 7) is 5.13. The van der Waals surface area contributed by atoms with Gasteiger partial charge in [0, 0.05) is 43.0 Å². The standard InChI is InChI=1S/C30H35N5O6/c1-19(2)27-29(37)32-10-12-34-11-9-31-28(34)21-4-7-24(39-3)25(17-21)41-15-13-35(18-26(36)33-27)30(38)22-5-6-23-20(16-22)8-14-40-23/h4-7,9,11,16-17,19,27H,8,10,12-15,18H2,1-3H3,(H,32,37)(H,33,36)/t27-/m1/s1. The molecule has 3 amide bonds. The predicted octanol–water partition coefficient (Wildman–Crippen LogP) is 2.29. The van der Waals surface area contributed by atoms with Gasteiger partial charge in [0.05, 0.1) is 26.8 Å². The maximum atomic E-state index is 13.7. The number of carbonyl (C=O) groups is 3. The fourth-order valence-electron chi connectivity index (χ4n) is 5.04. The zero-order valence-corrected chi connectivity index (χ0v) is 23.5. The Balaban J connectivity index is 1.45. The highest BCUT2D eigenvalue weighted by Gasteiger charge is 2.27. The van der Waals surface area contributed by atoms with Crippen molar-refractivity contribution < 1.29 is 28.6 Å². The second kappa shape index (κ2) is 12.3. The molecular formula is C30H35N5O6. The summed E-state index contributed by atoms with van der Waals surface area (Å²) in [5.41, 5.74) is 2.22. The Kier molecular flexibility index (Phi) is 8.42. The van der Waals surface area contributed by atoms with Gasteiger partial charge in [-0.05, 0) is 47.9 Å². The smallest absolute Gasteiger partial charge is 0.254 e. The summed E-state index contributed by atoms with van der Waals surface area (Å²) in [4.78, 5) is 45.9. The summed E-state index contributed by atoms with van der Waals surface area (Å²) in [6.07, 6.45) is 4.27. The summed E-state index contributed by atoms with van der Waals surface area (Å²) in [5, 5.41) is 5.76. The van der Waals surface area contributed by atoms with Crippen LogP contribution in [0.1, 0.15) is 29.8 Å². The highest BCUT2D eigenvalue weighted by molar-refractivity contribution is 5.97. The molecule has 11 nitrogen and oxygen atoms in total. The molecule has 0 saturated carbocycles. The van der Waals surface area contributed by atoms with E-state index in [1.807, 2.05) is 42.8 Å². The molecule has 1 aromatic heterocycles. The van der Waals surface area contributed by atoms with E-state index >= 15 is 0 Å². The molecule has 3 heterocycles. The van der Waals surface area contributed by atoms with Gasteiger partial charge in [0.1, 0.15) is 24.2 Å². The SMILES string of the molecule is COc1ccc2cc1OCCN(C(=O)c1ccc3c(c1)CCO3)CC(=O)N[C@H](C(C)C)C(=O)NCCn1ccnc1-2. The average molecular weight is 562 g/mol. The molecule has 0 unspecified atom stereocenters. The van der Waals surface area contributed by atoms with Crippen LogP contribution in [-0.4, -0.2) is 78.2 Å². The van der Waals surface area contributed by atoms with Crippen molar-refractivity contribution in [2.24, 2.45) is 5.92 Å². The minimum absolute atomic E-state index is 0.107. The van der Waals surface area contributed by atoms with Gasteiger partial charge < -0.3 is 34.3 Å². The van der Waals surface area contributed by atoms with E-state index in [1.165, 1.54) is 4.90 Å². The molecule has 2 aromatic carbocycles. The van der Waals surface area contributed by atoms with Gasteiger partial charge in [0.15, 0.2) is 11.5 Å². The Morgan fingerprint density at radius 3 is 2.71 bits per heavy atom. The quantitative estimate of drug-likeness (QED) is 0.503. The average Bonchev–Trinajstić information content (AvgIpc) is 3.63. The number of hydrogen-bond donors (Lipinski definition) is 2. The van der Waals surface area contributed by atoms with Crippen LogP contribution >= 0.6 is 0 Å². The minimum Gasteiger partial charge on any atom is -0.493 e. The minimum atomic E-state index is -0.759. The summed E-state index contributed by atoms with van der Waals surface area (Å²) in [5.74, 6) is 1.30. The normalized spacial score (nSPS) is 17.9. The lowest BCUT2D eigenvalue weighted by Crippen LogP contribution is -2.53. The van der Waals surface area contributed by atoms with E-state index in [0.29, 0.717) is 42.6 Å². The van der Waals surface area contributed by atoms with Crippen molar-refractivity contribution in [2.75, 3.05) is 40.0 Å².